The van der Waals surface area contributed by atoms with E-state index in [0.717, 1.165) is 25.3 Å². The van der Waals surface area contributed by atoms with Gasteiger partial charge in [0, 0.05) is 23.4 Å². The van der Waals surface area contributed by atoms with Crippen molar-refractivity contribution >= 4 is 35.1 Å². The van der Waals surface area contributed by atoms with E-state index in [0.29, 0.717) is 6.61 Å². The van der Waals surface area contributed by atoms with Crippen LogP contribution in [-0.4, -0.2) is 6.54 Å². The Hall–Kier alpha value is -2.03. The fraction of sp³-hybridized carbons (Fsp3) is 0.333. The quantitative estimate of drug-likeness (QED) is 0.247. The molecule has 0 saturated carbocycles. The first-order valence-electron chi connectivity index (χ1n) is 10.7. The topological polar surface area (TPSA) is 21.3 Å². The van der Waals surface area contributed by atoms with E-state index < -0.39 is 0 Å². The molecular weight excluding hydrogens is 454 g/mol. The standard InChI is InChI=1S/C27H31NOS2.ClH/c1-5-25-21(17-28-14-8-6-7-13-27(2,3)4)10-9-11-26(25)29-18-24-16-23(20-31-24)22-12-15-30-19-22;/h6,8-12,15-16,19-20,28H,5,14,17-18H2,1-4H3;1H. The van der Waals surface area contributed by atoms with Crippen molar-refractivity contribution in [2.24, 2.45) is 5.41 Å². The summed E-state index contributed by atoms with van der Waals surface area (Å²) in [6.45, 7) is 10.8. The molecule has 2 heterocycles. The molecule has 0 aliphatic rings. The summed E-state index contributed by atoms with van der Waals surface area (Å²) in [5, 5.41) is 10.00. The van der Waals surface area contributed by atoms with Crippen LogP contribution in [0.25, 0.3) is 11.1 Å². The number of halogens is 1. The zero-order valence-corrected chi connectivity index (χ0v) is 21.7. The molecule has 0 aliphatic carbocycles. The number of hydrogen-bond donors (Lipinski definition) is 1. The fourth-order valence-electron chi connectivity index (χ4n) is 3.16. The summed E-state index contributed by atoms with van der Waals surface area (Å²) in [7, 11) is 0. The largest absolute Gasteiger partial charge is 0.488 e. The highest BCUT2D eigenvalue weighted by molar-refractivity contribution is 7.10. The Morgan fingerprint density at radius 2 is 1.97 bits per heavy atom. The van der Waals surface area contributed by atoms with Crippen LogP contribution in [0.3, 0.4) is 0 Å². The molecule has 0 unspecified atom stereocenters. The maximum Gasteiger partial charge on any atom is 0.123 e. The van der Waals surface area contributed by atoms with Crippen molar-refractivity contribution < 1.29 is 4.74 Å². The van der Waals surface area contributed by atoms with Gasteiger partial charge in [-0.15, -0.1) is 23.7 Å². The number of hydrogen-bond acceptors (Lipinski definition) is 4. The number of allylic oxidation sites excluding steroid dienone is 1. The van der Waals surface area contributed by atoms with Crippen molar-refractivity contribution in [3.63, 3.8) is 0 Å². The van der Waals surface area contributed by atoms with Crippen LogP contribution in [-0.2, 0) is 19.6 Å². The van der Waals surface area contributed by atoms with Crippen LogP contribution in [0.1, 0.15) is 43.7 Å². The fourth-order valence-corrected chi connectivity index (χ4v) is 4.63. The molecule has 1 N–H and O–H groups in total. The van der Waals surface area contributed by atoms with Gasteiger partial charge in [0.05, 0.1) is 0 Å². The van der Waals surface area contributed by atoms with E-state index in [-0.39, 0.29) is 17.8 Å². The summed E-state index contributed by atoms with van der Waals surface area (Å²) in [4.78, 5) is 1.24. The third kappa shape index (κ3) is 8.15. The molecule has 170 valence electrons. The maximum absolute atomic E-state index is 6.23. The molecule has 2 aromatic heterocycles. The first kappa shape index (κ1) is 26.2. The minimum Gasteiger partial charge on any atom is -0.488 e. The van der Waals surface area contributed by atoms with Gasteiger partial charge >= 0.3 is 0 Å². The Kier molecular flexibility index (Phi) is 10.5. The summed E-state index contributed by atoms with van der Waals surface area (Å²) >= 11 is 3.49. The number of ether oxygens (including phenoxy) is 1. The van der Waals surface area contributed by atoms with E-state index in [1.54, 1.807) is 22.7 Å². The van der Waals surface area contributed by atoms with Gasteiger partial charge in [-0.1, -0.05) is 37.0 Å². The van der Waals surface area contributed by atoms with Gasteiger partial charge in [0.1, 0.15) is 12.4 Å². The van der Waals surface area contributed by atoms with Crippen LogP contribution in [0.15, 0.2) is 58.6 Å². The lowest BCUT2D eigenvalue weighted by Gasteiger charge is -2.14. The second kappa shape index (κ2) is 12.9. The summed E-state index contributed by atoms with van der Waals surface area (Å²) in [6, 6.07) is 10.7. The minimum absolute atomic E-state index is 0. The lowest BCUT2D eigenvalue weighted by atomic mass is 9.98. The molecule has 1 aromatic carbocycles. The number of rotatable bonds is 9. The van der Waals surface area contributed by atoms with Gasteiger partial charge in [-0.05, 0) is 89.9 Å². The molecule has 0 bridgehead atoms. The molecular formula is C27H32ClNOS2. The normalized spacial score (nSPS) is 11.1. The van der Waals surface area contributed by atoms with E-state index in [4.69, 9.17) is 4.74 Å². The van der Waals surface area contributed by atoms with Gasteiger partial charge in [0.15, 0.2) is 0 Å². The van der Waals surface area contributed by atoms with Crippen LogP contribution in [0.4, 0.5) is 0 Å². The first-order chi connectivity index (χ1) is 15.0. The smallest absolute Gasteiger partial charge is 0.123 e. The molecule has 3 aromatic rings. The summed E-state index contributed by atoms with van der Waals surface area (Å²) in [5.41, 5.74) is 5.18. The zero-order chi connectivity index (χ0) is 22.1. The molecule has 5 heteroatoms. The van der Waals surface area contributed by atoms with Crippen LogP contribution >= 0.6 is 35.1 Å². The third-order valence-corrected chi connectivity index (χ3v) is 6.28. The molecule has 0 fully saturated rings. The highest BCUT2D eigenvalue weighted by Crippen LogP contribution is 2.29. The van der Waals surface area contributed by atoms with E-state index in [1.807, 2.05) is 6.08 Å². The summed E-state index contributed by atoms with van der Waals surface area (Å²) < 4.78 is 6.23. The molecule has 0 spiro atoms. The van der Waals surface area contributed by atoms with Crippen LogP contribution < -0.4 is 10.1 Å². The second-order valence-electron chi connectivity index (χ2n) is 8.40. The molecule has 0 radical (unpaired) electrons. The third-order valence-electron chi connectivity index (χ3n) is 4.69. The number of benzene rings is 1. The average molecular weight is 486 g/mol. The average Bonchev–Trinajstić information content (AvgIpc) is 3.42. The van der Waals surface area contributed by atoms with Crippen molar-refractivity contribution in [1.29, 1.82) is 0 Å². The molecule has 0 saturated heterocycles. The van der Waals surface area contributed by atoms with E-state index >= 15 is 0 Å². The summed E-state index contributed by atoms with van der Waals surface area (Å²) in [6.07, 6.45) is 4.96. The SMILES string of the molecule is CCc1c(CNCC=CC#CC(C)(C)C)cccc1OCc1cc(-c2ccsc2)cs1.Cl. The number of nitrogens with one attached hydrogen (secondary N) is 1. The molecule has 2 nitrogen and oxygen atoms in total. The van der Waals surface area contributed by atoms with Crippen molar-refractivity contribution in [1.82, 2.24) is 5.32 Å². The van der Waals surface area contributed by atoms with E-state index in [1.165, 1.54) is 27.1 Å². The molecule has 0 aliphatic heterocycles. The highest BCUT2D eigenvalue weighted by atomic mass is 35.5. The second-order valence-corrected chi connectivity index (χ2v) is 10.2. The predicted molar refractivity (Wildman–Crippen MR) is 143 cm³/mol. The Morgan fingerprint density at radius 1 is 1.12 bits per heavy atom. The molecule has 3 rings (SSSR count). The molecule has 0 atom stereocenters. The van der Waals surface area contributed by atoms with Crippen LogP contribution in [0, 0.1) is 17.3 Å². The van der Waals surface area contributed by atoms with E-state index in [9.17, 15) is 0 Å². The highest BCUT2D eigenvalue weighted by Gasteiger charge is 2.09. The maximum atomic E-state index is 6.23. The Bertz CT molecular complexity index is 1050. The van der Waals surface area contributed by atoms with Crippen molar-refractivity contribution in [2.75, 3.05) is 6.54 Å². The predicted octanol–water partition coefficient (Wildman–Crippen LogP) is 7.74. The first-order valence-corrected chi connectivity index (χ1v) is 12.5. The minimum atomic E-state index is 0. The van der Waals surface area contributed by atoms with Gasteiger partial charge in [-0.3, -0.25) is 0 Å². The van der Waals surface area contributed by atoms with Gasteiger partial charge in [-0.25, -0.2) is 0 Å². The van der Waals surface area contributed by atoms with Crippen LogP contribution in [0.5, 0.6) is 5.75 Å². The Labute approximate surface area is 207 Å². The lowest BCUT2D eigenvalue weighted by molar-refractivity contribution is 0.306. The van der Waals surface area contributed by atoms with Crippen LogP contribution in [0.2, 0.25) is 0 Å². The van der Waals surface area contributed by atoms with E-state index in [2.05, 4.69) is 97.4 Å². The van der Waals surface area contributed by atoms with Gasteiger partial charge < -0.3 is 10.1 Å². The Balaban J connectivity index is 0.00000363. The van der Waals surface area contributed by atoms with Gasteiger partial charge in [0.25, 0.3) is 0 Å². The van der Waals surface area contributed by atoms with Gasteiger partial charge in [-0.2, -0.15) is 11.3 Å². The lowest BCUT2D eigenvalue weighted by Crippen LogP contribution is -2.14. The zero-order valence-electron chi connectivity index (χ0n) is 19.2. The molecule has 32 heavy (non-hydrogen) atoms. The van der Waals surface area contributed by atoms with Gasteiger partial charge in [0.2, 0.25) is 0 Å². The molecule has 0 amide bonds. The number of thiophene rings is 2. The van der Waals surface area contributed by atoms with Crippen molar-refractivity contribution in [2.45, 2.75) is 47.3 Å². The van der Waals surface area contributed by atoms with Crippen molar-refractivity contribution in [3.05, 3.63) is 74.6 Å². The summed E-state index contributed by atoms with van der Waals surface area (Å²) in [5.74, 6) is 7.31. The monoisotopic (exact) mass is 485 g/mol. The van der Waals surface area contributed by atoms with Crippen molar-refractivity contribution in [3.8, 4) is 28.7 Å². The Morgan fingerprint density at radius 3 is 2.69 bits per heavy atom.